The molecule has 4 rings (SSSR count). The number of aromatic nitrogens is 5. The highest BCUT2D eigenvalue weighted by Gasteiger charge is 2.33. The Morgan fingerprint density at radius 2 is 1.91 bits per heavy atom. The Hall–Kier alpha value is -3.56. The topological polar surface area (TPSA) is 128 Å². The van der Waals surface area contributed by atoms with E-state index >= 15 is 0 Å². The van der Waals surface area contributed by atoms with Gasteiger partial charge in [-0.15, -0.1) is 5.10 Å². The highest BCUT2D eigenvalue weighted by molar-refractivity contribution is 6.01. The number of hydrogen-bond donors (Lipinski definition) is 2. The van der Waals surface area contributed by atoms with Gasteiger partial charge in [0.25, 0.3) is 5.91 Å². The number of hydrogen-bond acceptors (Lipinski definition) is 7. The smallest absolute Gasteiger partial charge is 0.257 e. The molecule has 1 aliphatic rings. The molecule has 2 amide bonds. The fourth-order valence-corrected chi connectivity index (χ4v) is 4.41. The van der Waals surface area contributed by atoms with Crippen LogP contribution in [-0.4, -0.2) is 43.0 Å². The lowest BCUT2D eigenvalue weighted by Crippen LogP contribution is -2.49. The maximum absolute atomic E-state index is 13.3. The van der Waals surface area contributed by atoms with Crippen molar-refractivity contribution in [3.05, 3.63) is 41.5 Å². The summed E-state index contributed by atoms with van der Waals surface area (Å²) in [6.07, 6.45) is 6.79. The predicted octanol–water partition coefficient (Wildman–Crippen LogP) is 3.05. The monoisotopic (exact) mass is 451 g/mol. The summed E-state index contributed by atoms with van der Waals surface area (Å²) in [5.74, 6) is 0.444. The van der Waals surface area contributed by atoms with E-state index in [4.69, 9.17) is 4.52 Å². The number of amides is 2. The van der Waals surface area contributed by atoms with Crippen molar-refractivity contribution in [3.8, 4) is 11.3 Å². The molecule has 0 radical (unpaired) electrons. The largest absolute Gasteiger partial charge is 0.364 e. The van der Waals surface area contributed by atoms with E-state index in [1.165, 1.54) is 6.26 Å². The van der Waals surface area contributed by atoms with Gasteiger partial charge in [-0.1, -0.05) is 30.1 Å². The third-order valence-electron chi connectivity index (χ3n) is 6.38. The summed E-state index contributed by atoms with van der Waals surface area (Å²) in [6, 6.07) is 2.93. The van der Waals surface area contributed by atoms with Crippen LogP contribution in [0.25, 0.3) is 11.3 Å². The fraction of sp³-hybridized carbons (Fsp3) is 0.478. The van der Waals surface area contributed by atoms with Crippen LogP contribution in [-0.2, 0) is 11.8 Å². The minimum Gasteiger partial charge on any atom is -0.364 e. The molecule has 1 saturated carbocycles. The first-order chi connectivity index (χ1) is 15.8. The Balaban J connectivity index is 1.51. The van der Waals surface area contributed by atoms with E-state index in [-0.39, 0.29) is 17.7 Å². The minimum atomic E-state index is -0.677. The molecule has 3 aromatic rings. The predicted molar refractivity (Wildman–Crippen MR) is 121 cm³/mol. The van der Waals surface area contributed by atoms with Crippen LogP contribution in [0.4, 0.5) is 5.82 Å². The molecule has 0 aliphatic heterocycles. The maximum Gasteiger partial charge on any atom is 0.257 e. The minimum absolute atomic E-state index is 0.0488. The van der Waals surface area contributed by atoms with Gasteiger partial charge in [0.2, 0.25) is 5.91 Å². The molecule has 0 spiro atoms. The van der Waals surface area contributed by atoms with Crippen molar-refractivity contribution in [1.82, 2.24) is 30.5 Å². The van der Waals surface area contributed by atoms with Gasteiger partial charge in [-0.3, -0.25) is 9.59 Å². The fourth-order valence-electron chi connectivity index (χ4n) is 4.41. The summed E-state index contributed by atoms with van der Waals surface area (Å²) >= 11 is 0. The molecular formula is C23H29N7O3. The number of anilines is 1. The summed E-state index contributed by atoms with van der Waals surface area (Å²) in [5.41, 5.74) is 3.34. The molecule has 1 fully saturated rings. The van der Waals surface area contributed by atoms with E-state index in [2.05, 4.69) is 38.0 Å². The van der Waals surface area contributed by atoms with Gasteiger partial charge in [-0.05, 0) is 50.7 Å². The van der Waals surface area contributed by atoms with Crippen LogP contribution in [0.15, 0.2) is 29.1 Å². The quantitative estimate of drug-likeness (QED) is 0.589. The van der Waals surface area contributed by atoms with Crippen LogP contribution in [0, 0.1) is 25.7 Å². The van der Waals surface area contributed by atoms with E-state index in [0.29, 0.717) is 23.0 Å². The molecule has 0 aromatic carbocycles. The number of nitrogens with zero attached hydrogens (tertiary/aromatic N) is 5. The van der Waals surface area contributed by atoms with Gasteiger partial charge in [0.1, 0.15) is 23.7 Å². The maximum atomic E-state index is 13.3. The van der Waals surface area contributed by atoms with E-state index < -0.39 is 6.04 Å². The number of carbonyl (C=O) groups excluding carboxylic acids is 2. The molecule has 10 nitrogen and oxygen atoms in total. The highest BCUT2D eigenvalue weighted by atomic mass is 16.5. The van der Waals surface area contributed by atoms with Crippen molar-refractivity contribution in [2.24, 2.45) is 18.9 Å². The van der Waals surface area contributed by atoms with Crippen LogP contribution in [0.2, 0.25) is 0 Å². The SMILES string of the molecule is Cc1nocc1C(=O)N[C@H](C(=O)Nc1ccc(-c2c(C)nnn2C)cn1)[C@H]1CC[C@H](C)CC1. The summed E-state index contributed by atoms with van der Waals surface area (Å²) in [6.45, 7) is 5.80. The Labute approximate surface area is 192 Å². The van der Waals surface area contributed by atoms with Crippen molar-refractivity contribution in [2.75, 3.05) is 5.32 Å². The van der Waals surface area contributed by atoms with Crippen LogP contribution < -0.4 is 10.6 Å². The van der Waals surface area contributed by atoms with Crippen LogP contribution >= 0.6 is 0 Å². The average Bonchev–Trinajstić information content (AvgIpc) is 3.38. The summed E-state index contributed by atoms with van der Waals surface area (Å²) < 4.78 is 6.58. The first-order valence-corrected chi connectivity index (χ1v) is 11.2. The number of nitrogens with one attached hydrogen (secondary N) is 2. The first kappa shape index (κ1) is 22.6. The molecule has 3 heterocycles. The van der Waals surface area contributed by atoms with Crippen LogP contribution in [0.5, 0.6) is 0 Å². The molecule has 0 unspecified atom stereocenters. The summed E-state index contributed by atoms with van der Waals surface area (Å²) in [7, 11) is 1.82. The van der Waals surface area contributed by atoms with Gasteiger partial charge >= 0.3 is 0 Å². The molecular weight excluding hydrogens is 422 g/mol. The van der Waals surface area contributed by atoms with Crippen molar-refractivity contribution in [3.63, 3.8) is 0 Å². The molecule has 2 N–H and O–H groups in total. The van der Waals surface area contributed by atoms with Crippen LogP contribution in [0.3, 0.4) is 0 Å². The van der Waals surface area contributed by atoms with Crippen molar-refractivity contribution in [2.45, 2.75) is 52.5 Å². The highest BCUT2D eigenvalue weighted by Crippen LogP contribution is 2.31. The Bertz CT molecular complexity index is 1110. The molecule has 33 heavy (non-hydrogen) atoms. The van der Waals surface area contributed by atoms with Gasteiger partial charge in [0, 0.05) is 18.8 Å². The van der Waals surface area contributed by atoms with E-state index in [9.17, 15) is 9.59 Å². The molecule has 0 bridgehead atoms. The lowest BCUT2D eigenvalue weighted by molar-refractivity contribution is -0.119. The Morgan fingerprint density at radius 1 is 1.15 bits per heavy atom. The zero-order valence-electron chi connectivity index (χ0n) is 19.3. The molecule has 1 atom stereocenters. The molecule has 0 saturated heterocycles. The third kappa shape index (κ3) is 4.94. The zero-order valence-corrected chi connectivity index (χ0v) is 19.3. The third-order valence-corrected chi connectivity index (χ3v) is 6.38. The summed E-state index contributed by atoms with van der Waals surface area (Å²) in [5, 5.41) is 17.6. The van der Waals surface area contributed by atoms with E-state index in [1.807, 2.05) is 20.0 Å². The van der Waals surface area contributed by atoms with Gasteiger partial charge in [0.05, 0.1) is 17.1 Å². The molecule has 10 heteroatoms. The second-order valence-corrected chi connectivity index (χ2v) is 8.85. The van der Waals surface area contributed by atoms with Crippen LogP contribution in [0.1, 0.15) is 54.4 Å². The number of pyridine rings is 1. The number of carbonyl (C=O) groups is 2. The van der Waals surface area contributed by atoms with Gasteiger partial charge in [-0.25, -0.2) is 9.67 Å². The van der Waals surface area contributed by atoms with E-state index in [1.54, 1.807) is 23.9 Å². The Kier molecular flexibility index (Phi) is 6.52. The summed E-state index contributed by atoms with van der Waals surface area (Å²) in [4.78, 5) is 30.5. The average molecular weight is 452 g/mol. The number of rotatable bonds is 6. The second-order valence-electron chi connectivity index (χ2n) is 8.85. The number of aryl methyl sites for hydroxylation is 3. The van der Waals surface area contributed by atoms with Crippen molar-refractivity contribution in [1.29, 1.82) is 0 Å². The van der Waals surface area contributed by atoms with Gasteiger partial charge in [-0.2, -0.15) is 0 Å². The van der Waals surface area contributed by atoms with Gasteiger partial charge in [0.15, 0.2) is 0 Å². The molecule has 3 aromatic heterocycles. The second kappa shape index (κ2) is 9.51. The molecule has 1 aliphatic carbocycles. The van der Waals surface area contributed by atoms with Gasteiger partial charge < -0.3 is 15.2 Å². The lowest BCUT2D eigenvalue weighted by Gasteiger charge is -2.32. The Morgan fingerprint density at radius 3 is 2.48 bits per heavy atom. The molecule has 174 valence electrons. The van der Waals surface area contributed by atoms with Crippen molar-refractivity contribution >= 4 is 17.6 Å². The standard InChI is InChI=1S/C23H29N7O3/c1-13-5-7-16(8-6-13)20(26-22(31)18-12-33-28-14(18)2)23(32)25-19-10-9-17(11-24-19)21-15(3)27-29-30(21)4/h9-13,16,20H,5-8H2,1-4H3,(H,26,31)(H,24,25,32)/t13-,16-,20-/m0/s1. The normalized spacial score (nSPS) is 19.2. The van der Waals surface area contributed by atoms with E-state index in [0.717, 1.165) is 42.6 Å². The van der Waals surface area contributed by atoms with Crippen molar-refractivity contribution < 1.29 is 14.1 Å². The first-order valence-electron chi connectivity index (χ1n) is 11.2. The lowest BCUT2D eigenvalue weighted by atomic mass is 9.79. The zero-order chi connectivity index (χ0) is 23.5.